The van der Waals surface area contributed by atoms with Gasteiger partial charge in [0, 0.05) is 13.1 Å². The zero-order valence-corrected chi connectivity index (χ0v) is 24.9. The molecule has 1 N–H and O–H groups in total. The first-order chi connectivity index (χ1) is 19.0. The van der Waals surface area contributed by atoms with E-state index in [2.05, 4.69) is 5.32 Å². The van der Waals surface area contributed by atoms with Crippen LogP contribution in [0.25, 0.3) is 0 Å². The molecule has 3 aromatic rings. The third kappa shape index (κ3) is 7.21. The molecular weight excluding hydrogens is 526 g/mol. The van der Waals surface area contributed by atoms with Crippen LogP contribution in [0.4, 0.5) is 5.69 Å². The number of likely N-dealkylation sites (N-methyl/N-ethyl adjacent to an activating group) is 1. The number of benzene rings is 3. The number of hydrogen-bond donors (Lipinski definition) is 1. The largest absolute Gasteiger partial charge is 0.497 e. The second-order valence-electron chi connectivity index (χ2n) is 9.80. The van der Waals surface area contributed by atoms with E-state index < -0.39 is 28.5 Å². The van der Waals surface area contributed by atoms with Gasteiger partial charge in [0.2, 0.25) is 11.8 Å². The number of nitrogens with zero attached hydrogens (tertiary/aromatic N) is 2. The van der Waals surface area contributed by atoms with Crippen LogP contribution in [-0.2, 0) is 26.2 Å². The second kappa shape index (κ2) is 13.5. The number of rotatable bonds is 12. The number of anilines is 1. The standard InChI is InChI=1S/C31H39N3O5S/c1-7-28(31(36)32-8-2)33(20-25-13-15-26(39-6)16-14-25)30(35)21-34(29-19-23(4)9-12-24(29)5)40(37,38)27-17-10-22(3)11-18-27/h9-19,28H,7-8,20-21H2,1-6H3,(H,32,36)/t28-/m1/s1. The molecule has 3 aromatic carbocycles. The van der Waals surface area contributed by atoms with Crippen LogP contribution < -0.4 is 14.4 Å². The van der Waals surface area contributed by atoms with Crippen molar-refractivity contribution in [2.24, 2.45) is 0 Å². The lowest BCUT2D eigenvalue weighted by atomic mass is 10.1. The van der Waals surface area contributed by atoms with Crippen molar-refractivity contribution < 1.29 is 22.7 Å². The molecule has 0 aliphatic carbocycles. The molecule has 0 saturated heterocycles. The molecule has 0 spiro atoms. The maximum absolute atomic E-state index is 14.1. The maximum Gasteiger partial charge on any atom is 0.264 e. The number of nitrogens with one attached hydrogen (secondary N) is 1. The first kappa shape index (κ1) is 30.7. The number of methoxy groups -OCH3 is 1. The Morgan fingerprint density at radius 1 is 0.900 bits per heavy atom. The fourth-order valence-corrected chi connectivity index (χ4v) is 5.95. The Morgan fingerprint density at radius 3 is 2.10 bits per heavy atom. The quantitative estimate of drug-likeness (QED) is 0.342. The third-order valence-electron chi connectivity index (χ3n) is 6.77. The van der Waals surface area contributed by atoms with E-state index in [1.54, 1.807) is 49.6 Å². The van der Waals surface area contributed by atoms with Crippen LogP contribution in [0.5, 0.6) is 5.75 Å². The topological polar surface area (TPSA) is 96.0 Å². The monoisotopic (exact) mass is 565 g/mol. The number of amides is 2. The summed E-state index contributed by atoms with van der Waals surface area (Å²) in [5, 5.41) is 2.81. The first-order valence-corrected chi connectivity index (χ1v) is 14.8. The summed E-state index contributed by atoms with van der Waals surface area (Å²) in [6.07, 6.45) is 0.363. The Labute approximate surface area is 238 Å². The van der Waals surface area contributed by atoms with Gasteiger partial charge in [-0.1, -0.05) is 48.9 Å². The molecule has 2 amide bonds. The number of ether oxygens (including phenoxy) is 1. The zero-order chi connectivity index (χ0) is 29.4. The highest BCUT2D eigenvalue weighted by Gasteiger charge is 2.34. The van der Waals surface area contributed by atoms with E-state index in [4.69, 9.17) is 4.74 Å². The summed E-state index contributed by atoms with van der Waals surface area (Å²) in [4.78, 5) is 28.7. The number of hydrogen-bond acceptors (Lipinski definition) is 5. The first-order valence-electron chi connectivity index (χ1n) is 13.4. The van der Waals surface area contributed by atoms with Gasteiger partial charge in [-0.3, -0.25) is 13.9 Å². The molecule has 1 atom stereocenters. The van der Waals surface area contributed by atoms with Gasteiger partial charge in [-0.2, -0.15) is 0 Å². The molecule has 0 bridgehead atoms. The molecule has 214 valence electrons. The summed E-state index contributed by atoms with van der Waals surface area (Å²) in [5.41, 5.74) is 3.71. The van der Waals surface area contributed by atoms with Crippen molar-refractivity contribution in [3.8, 4) is 5.75 Å². The molecule has 40 heavy (non-hydrogen) atoms. The Balaban J connectivity index is 2.09. The average molecular weight is 566 g/mol. The normalized spacial score (nSPS) is 11.9. The second-order valence-corrected chi connectivity index (χ2v) is 11.7. The molecule has 0 heterocycles. The summed E-state index contributed by atoms with van der Waals surface area (Å²) in [6, 6.07) is 18.5. The SMILES string of the molecule is CCNC(=O)[C@@H](CC)N(Cc1ccc(OC)cc1)C(=O)CN(c1cc(C)ccc1C)S(=O)(=O)c1ccc(C)cc1. The van der Waals surface area contributed by atoms with Crippen LogP contribution in [0.15, 0.2) is 71.6 Å². The lowest BCUT2D eigenvalue weighted by Gasteiger charge is -2.33. The highest BCUT2D eigenvalue weighted by atomic mass is 32.2. The number of carbonyl (C=O) groups is 2. The summed E-state index contributed by atoms with van der Waals surface area (Å²) in [5.74, 6) is -0.0975. The molecule has 0 unspecified atom stereocenters. The minimum Gasteiger partial charge on any atom is -0.497 e. The van der Waals surface area contributed by atoms with Crippen molar-refractivity contribution in [3.05, 3.63) is 89.0 Å². The van der Waals surface area contributed by atoms with E-state index in [0.29, 0.717) is 30.0 Å². The number of sulfonamides is 1. The minimum absolute atomic E-state index is 0.0873. The highest BCUT2D eigenvalue weighted by Crippen LogP contribution is 2.29. The lowest BCUT2D eigenvalue weighted by Crippen LogP contribution is -2.52. The Kier molecular flexibility index (Phi) is 10.3. The molecule has 8 nitrogen and oxygen atoms in total. The summed E-state index contributed by atoms with van der Waals surface area (Å²) >= 11 is 0. The van der Waals surface area contributed by atoms with Crippen LogP contribution in [0.3, 0.4) is 0 Å². The zero-order valence-electron chi connectivity index (χ0n) is 24.1. The molecule has 0 aliphatic heterocycles. The van der Waals surface area contributed by atoms with Crippen molar-refractivity contribution in [3.63, 3.8) is 0 Å². The number of carbonyl (C=O) groups excluding carboxylic acids is 2. The van der Waals surface area contributed by atoms with E-state index in [0.717, 1.165) is 21.0 Å². The average Bonchev–Trinajstić information content (AvgIpc) is 2.93. The molecule has 0 radical (unpaired) electrons. The van der Waals surface area contributed by atoms with E-state index >= 15 is 0 Å². The third-order valence-corrected chi connectivity index (χ3v) is 8.54. The van der Waals surface area contributed by atoms with Crippen molar-refractivity contribution >= 4 is 27.5 Å². The van der Waals surface area contributed by atoms with Crippen LogP contribution in [0, 0.1) is 20.8 Å². The van der Waals surface area contributed by atoms with Gasteiger partial charge in [-0.25, -0.2) is 8.42 Å². The van der Waals surface area contributed by atoms with Gasteiger partial charge in [0.15, 0.2) is 0 Å². The summed E-state index contributed by atoms with van der Waals surface area (Å²) < 4.78 is 34.5. The van der Waals surface area contributed by atoms with Crippen LogP contribution in [-0.4, -0.2) is 51.4 Å². The van der Waals surface area contributed by atoms with Gasteiger partial charge >= 0.3 is 0 Å². The van der Waals surface area contributed by atoms with Gasteiger partial charge < -0.3 is 15.0 Å². The van der Waals surface area contributed by atoms with Gasteiger partial charge in [0.05, 0.1) is 17.7 Å². The number of aryl methyl sites for hydroxylation is 3. The van der Waals surface area contributed by atoms with Gasteiger partial charge in [-0.05, 0) is 81.1 Å². The molecular formula is C31H39N3O5S. The van der Waals surface area contributed by atoms with E-state index in [1.807, 2.05) is 58.9 Å². The van der Waals surface area contributed by atoms with Gasteiger partial charge in [-0.15, -0.1) is 0 Å². The van der Waals surface area contributed by atoms with Gasteiger partial charge in [0.1, 0.15) is 18.3 Å². The predicted octanol–water partition coefficient (Wildman–Crippen LogP) is 4.76. The maximum atomic E-state index is 14.1. The van der Waals surface area contributed by atoms with Crippen molar-refractivity contribution in [2.75, 3.05) is 24.5 Å². The predicted molar refractivity (Wildman–Crippen MR) is 158 cm³/mol. The van der Waals surface area contributed by atoms with Gasteiger partial charge in [0.25, 0.3) is 10.0 Å². The molecule has 0 fully saturated rings. The smallest absolute Gasteiger partial charge is 0.264 e. The Bertz CT molecular complexity index is 1420. The summed E-state index contributed by atoms with van der Waals surface area (Å²) in [7, 11) is -2.54. The highest BCUT2D eigenvalue weighted by molar-refractivity contribution is 7.92. The van der Waals surface area contributed by atoms with Crippen molar-refractivity contribution in [1.82, 2.24) is 10.2 Å². The molecule has 0 saturated carbocycles. The molecule has 0 aliphatic rings. The van der Waals surface area contributed by atoms with Crippen molar-refractivity contribution in [2.45, 2.75) is 58.5 Å². The van der Waals surface area contributed by atoms with Crippen LogP contribution >= 0.6 is 0 Å². The Hall–Kier alpha value is -3.85. The molecule has 0 aromatic heterocycles. The van der Waals surface area contributed by atoms with Crippen LogP contribution in [0.2, 0.25) is 0 Å². The lowest BCUT2D eigenvalue weighted by molar-refractivity contribution is -0.140. The molecule has 3 rings (SSSR count). The Morgan fingerprint density at radius 2 is 1.52 bits per heavy atom. The van der Waals surface area contributed by atoms with E-state index in [-0.39, 0.29) is 17.3 Å². The van der Waals surface area contributed by atoms with E-state index in [9.17, 15) is 18.0 Å². The molecule has 9 heteroatoms. The summed E-state index contributed by atoms with van der Waals surface area (Å²) in [6.45, 7) is 9.30. The van der Waals surface area contributed by atoms with Crippen molar-refractivity contribution in [1.29, 1.82) is 0 Å². The fraction of sp³-hybridized carbons (Fsp3) is 0.355. The minimum atomic E-state index is -4.11. The van der Waals surface area contributed by atoms with E-state index in [1.165, 1.54) is 4.90 Å². The van der Waals surface area contributed by atoms with Crippen LogP contribution in [0.1, 0.15) is 42.5 Å². The fourth-order valence-electron chi connectivity index (χ4n) is 4.48.